The minimum atomic E-state index is -4.89. The normalized spacial score (nSPS) is 13.0. The molecule has 3 nitrogen and oxygen atoms in total. The number of amides is 1. The van der Waals surface area contributed by atoms with Gasteiger partial charge in [0.05, 0.1) is 0 Å². The summed E-state index contributed by atoms with van der Waals surface area (Å²) in [6.45, 7) is 11.0. The first-order chi connectivity index (χ1) is 9.72. The monoisotopic (exact) mass is 349 g/mol. The van der Waals surface area contributed by atoms with Gasteiger partial charge in [-0.25, -0.2) is 0 Å². The second-order valence-corrected chi connectivity index (χ2v) is 16.2. The largest absolute Gasteiger partial charge is 0.544 e. The van der Waals surface area contributed by atoms with Crippen LogP contribution in [0.5, 0.6) is 5.75 Å². The van der Waals surface area contributed by atoms with Gasteiger partial charge in [-0.05, 0) is 31.8 Å². The van der Waals surface area contributed by atoms with Crippen LogP contribution in [0.2, 0.25) is 39.3 Å². The van der Waals surface area contributed by atoms with Crippen molar-refractivity contribution in [3.63, 3.8) is 0 Å². The fraction of sp³-hybridized carbons (Fsp3) is 0.500. The molecule has 0 saturated heterocycles. The van der Waals surface area contributed by atoms with Crippen molar-refractivity contribution in [3.05, 3.63) is 24.3 Å². The molecule has 0 N–H and O–H groups in total. The van der Waals surface area contributed by atoms with Gasteiger partial charge in [-0.2, -0.15) is 13.2 Å². The topological polar surface area (TPSA) is 29.5 Å². The fourth-order valence-electron chi connectivity index (χ4n) is 1.98. The summed E-state index contributed by atoms with van der Waals surface area (Å²) in [4.78, 5) is 11.8. The first kappa shape index (κ1) is 18.8. The molecule has 1 aromatic rings. The van der Waals surface area contributed by atoms with Gasteiger partial charge in [0, 0.05) is 11.8 Å². The first-order valence-electron chi connectivity index (χ1n) is 6.92. The number of nitrogens with zero attached hydrogens (tertiary/aromatic N) is 1. The molecule has 1 rings (SSSR count). The van der Waals surface area contributed by atoms with Gasteiger partial charge in [0.25, 0.3) is 0 Å². The second-order valence-electron chi connectivity index (χ2n) is 7.02. The number of anilines is 1. The van der Waals surface area contributed by atoms with Crippen LogP contribution in [0.25, 0.3) is 0 Å². The molecule has 8 heteroatoms. The molecule has 0 spiro atoms. The summed E-state index contributed by atoms with van der Waals surface area (Å²) in [6.07, 6.45) is -4.89. The molecule has 1 amide bonds. The number of halogens is 3. The van der Waals surface area contributed by atoms with Crippen LogP contribution in [0.4, 0.5) is 18.9 Å². The Kier molecular flexibility index (Phi) is 5.18. The van der Waals surface area contributed by atoms with Crippen molar-refractivity contribution in [1.82, 2.24) is 0 Å². The van der Waals surface area contributed by atoms with Crippen molar-refractivity contribution >= 4 is 28.1 Å². The van der Waals surface area contributed by atoms with E-state index in [2.05, 4.69) is 0 Å². The van der Waals surface area contributed by atoms with Crippen molar-refractivity contribution < 1.29 is 22.4 Å². The summed E-state index contributed by atoms with van der Waals surface area (Å²) in [7, 11) is -4.44. The Balaban J connectivity index is 3.28. The van der Waals surface area contributed by atoms with E-state index in [1.807, 2.05) is 19.6 Å². The SMILES string of the molecule is C[Si](C)(C)Oc1cccc(N(C(=O)C(F)(F)F)[Si](C)(C)C)c1. The lowest BCUT2D eigenvalue weighted by Gasteiger charge is -2.35. The zero-order valence-corrected chi connectivity index (χ0v) is 15.7. The molecular formula is C14H22F3NO2Si2. The fourth-order valence-corrected chi connectivity index (χ4v) is 4.46. The lowest BCUT2D eigenvalue weighted by molar-refractivity contribution is -0.169. The number of carbonyl (C=O) groups excluding carboxylic acids is 1. The van der Waals surface area contributed by atoms with Crippen molar-refractivity contribution in [2.45, 2.75) is 45.5 Å². The molecule has 0 atom stereocenters. The number of hydrogen-bond acceptors (Lipinski definition) is 2. The molecule has 0 unspecified atom stereocenters. The van der Waals surface area contributed by atoms with Crippen molar-refractivity contribution in [2.24, 2.45) is 0 Å². The zero-order valence-electron chi connectivity index (χ0n) is 13.7. The lowest BCUT2D eigenvalue weighted by Crippen LogP contribution is -2.55. The minimum Gasteiger partial charge on any atom is -0.544 e. The minimum absolute atomic E-state index is 0.234. The van der Waals surface area contributed by atoms with Crippen LogP contribution in [0, 0.1) is 0 Å². The molecule has 124 valence electrons. The van der Waals surface area contributed by atoms with Gasteiger partial charge in [-0.15, -0.1) is 0 Å². The number of carbonyl (C=O) groups is 1. The Labute approximate surface area is 131 Å². The number of rotatable bonds is 4. The van der Waals surface area contributed by atoms with Gasteiger partial charge in [-0.3, -0.25) is 4.79 Å². The maximum Gasteiger partial charge on any atom is 0.470 e. The molecule has 0 saturated carbocycles. The van der Waals surface area contributed by atoms with Crippen LogP contribution in [-0.4, -0.2) is 28.6 Å². The van der Waals surface area contributed by atoms with E-state index in [-0.39, 0.29) is 5.69 Å². The van der Waals surface area contributed by atoms with Crippen LogP contribution < -0.4 is 8.99 Å². The van der Waals surface area contributed by atoms with Crippen molar-refractivity contribution in [1.29, 1.82) is 0 Å². The molecule has 0 fully saturated rings. The molecule has 0 aliphatic heterocycles. The van der Waals surface area contributed by atoms with E-state index in [1.54, 1.807) is 31.8 Å². The molecule has 0 aliphatic rings. The second kappa shape index (κ2) is 6.07. The van der Waals surface area contributed by atoms with E-state index in [0.29, 0.717) is 5.75 Å². The highest BCUT2D eigenvalue weighted by Gasteiger charge is 2.46. The van der Waals surface area contributed by atoms with Crippen LogP contribution >= 0.6 is 0 Å². The third-order valence-electron chi connectivity index (χ3n) is 2.62. The summed E-state index contributed by atoms with van der Waals surface area (Å²) >= 11 is 0. The van der Waals surface area contributed by atoms with E-state index in [9.17, 15) is 18.0 Å². The summed E-state index contributed by atoms with van der Waals surface area (Å²) in [5, 5.41) is 0. The maximum atomic E-state index is 12.9. The Hall–Kier alpha value is -1.29. The highest BCUT2D eigenvalue weighted by atomic mass is 28.4. The smallest absolute Gasteiger partial charge is 0.470 e. The summed E-state index contributed by atoms with van der Waals surface area (Å²) in [5.74, 6) is -1.33. The van der Waals surface area contributed by atoms with E-state index in [4.69, 9.17) is 4.43 Å². The molecule has 0 aliphatic carbocycles. The van der Waals surface area contributed by atoms with Gasteiger partial charge in [-0.1, -0.05) is 25.7 Å². The van der Waals surface area contributed by atoms with E-state index in [0.717, 1.165) is 4.57 Å². The predicted molar refractivity (Wildman–Crippen MR) is 87.3 cm³/mol. The molecule has 0 aromatic heterocycles. The standard InChI is InChI=1S/C14H22F3NO2Si2/c1-21(2,3)18(13(19)14(15,16)17)11-8-7-9-12(10-11)20-22(4,5)6/h7-10H,1-6H3. The Morgan fingerprint density at radius 1 is 1.09 bits per heavy atom. The van der Waals surface area contributed by atoms with Crippen molar-refractivity contribution in [2.75, 3.05) is 4.57 Å². The Morgan fingerprint density at radius 3 is 2.05 bits per heavy atom. The molecule has 0 heterocycles. The van der Waals surface area contributed by atoms with Crippen LogP contribution in [0.1, 0.15) is 0 Å². The van der Waals surface area contributed by atoms with E-state index >= 15 is 0 Å². The average molecular weight is 350 g/mol. The Bertz CT molecular complexity index is 548. The number of hydrogen-bond donors (Lipinski definition) is 0. The third-order valence-corrected chi connectivity index (χ3v) is 5.27. The Morgan fingerprint density at radius 2 is 1.64 bits per heavy atom. The number of alkyl halides is 3. The highest BCUT2D eigenvalue weighted by molar-refractivity contribution is 6.83. The van der Waals surface area contributed by atoms with Crippen LogP contribution in [0.3, 0.4) is 0 Å². The maximum absolute atomic E-state index is 12.9. The zero-order chi connectivity index (χ0) is 17.3. The third kappa shape index (κ3) is 5.17. The molecule has 1 aromatic carbocycles. The van der Waals surface area contributed by atoms with E-state index < -0.39 is 28.6 Å². The van der Waals surface area contributed by atoms with Crippen LogP contribution in [-0.2, 0) is 4.79 Å². The lowest BCUT2D eigenvalue weighted by atomic mass is 10.3. The van der Waals surface area contributed by atoms with Crippen molar-refractivity contribution in [3.8, 4) is 5.75 Å². The average Bonchev–Trinajstić information content (AvgIpc) is 2.23. The quantitative estimate of drug-likeness (QED) is 0.742. The molecule has 0 radical (unpaired) electrons. The van der Waals surface area contributed by atoms with E-state index in [1.165, 1.54) is 12.1 Å². The predicted octanol–water partition coefficient (Wildman–Crippen LogP) is 4.63. The van der Waals surface area contributed by atoms with Gasteiger partial charge in [0.2, 0.25) is 8.32 Å². The molecule has 22 heavy (non-hydrogen) atoms. The summed E-state index contributed by atoms with van der Waals surface area (Å²) in [5.41, 5.74) is 0.234. The molecule has 0 bridgehead atoms. The number of benzene rings is 1. The highest BCUT2D eigenvalue weighted by Crippen LogP contribution is 2.31. The van der Waals surface area contributed by atoms with Crippen LogP contribution in [0.15, 0.2) is 24.3 Å². The van der Waals surface area contributed by atoms with Gasteiger partial charge >= 0.3 is 12.1 Å². The van der Waals surface area contributed by atoms with Gasteiger partial charge in [0.1, 0.15) is 5.75 Å². The first-order valence-corrected chi connectivity index (χ1v) is 13.8. The van der Waals surface area contributed by atoms with Gasteiger partial charge < -0.3 is 8.99 Å². The summed E-state index contributed by atoms with van der Waals surface area (Å²) < 4.78 is 45.4. The molecular weight excluding hydrogens is 327 g/mol. The summed E-state index contributed by atoms with van der Waals surface area (Å²) in [6, 6.07) is 6.34. The van der Waals surface area contributed by atoms with Gasteiger partial charge in [0.15, 0.2) is 8.24 Å².